The highest BCUT2D eigenvalue weighted by Crippen LogP contribution is 2.31. The molecule has 60 valence electrons. The number of thioether (sulfide) groups is 1. The molecule has 1 aliphatic heterocycles. The van der Waals surface area contributed by atoms with E-state index in [9.17, 15) is 14.8 Å². The third kappa shape index (κ3) is 1.29. The maximum Gasteiger partial charge on any atom is 0.282 e. The summed E-state index contributed by atoms with van der Waals surface area (Å²) in [6.07, 6.45) is 0. The minimum Gasteiger partial charge on any atom is -0.749 e. The van der Waals surface area contributed by atoms with Gasteiger partial charge in [-0.25, -0.2) is 0 Å². The van der Waals surface area contributed by atoms with E-state index in [1.807, 2.05) is 0 Å². The van der Waals surface area contributed by atoms with Crippen molar-refractivity contribution in [3.8, 4) is 0 Å². The van der Waals surface area contributed by atoms with Gasteiger partial charge in [0, 0.05) is 0 Å². The van der Waals surface area contributed by atoms with Gasteiger partial charge in [0.05, 0.1) is 4.91 Å². The van der Waals surface area contributed by atoms with Crippen LogP contribution in [0, 0.1) is 5.21 Å². The Kier molecular flexibility index (Phi) is 2.01. The lowest BCUT2D eigenvalue weighted by molar-refractivity contribution is -0.121. The molecule has 0 unspecified atom stereocenters. The molecule has 0 aliphatic carbocycles. The fourth-order valence-electron chi connectivity index (χ4n) is 0.663. The summed E-state index contributed by atoms with van der Waals surface area (Å²) in [6, 6.07) is 0. The minimum absolute atomic E-state index is 0.118. The minimum atomic E-state index is -0.744. The van der Waals surface area contributed by atoms with Crippen LogP contribution in [0.25, 0.3) is 0 Å². The number of hydrogen-bond acceptors (Lipinski definition) is 4. The van der Waals surface area contributed by atoms with Gasteiger partial charge in [-0.05, 0) is 25.6 Å². The molecule has 0 N–H and O–H groups in total. The summed E-state index contributed by atoms with van der Waals surface area (Å²) in [5, 5.41) is 9.72. The topological polar surface area (TPSA) is 60.4 Å². The number of nitrogens with zero attached hydrogens (tertiary/aromatic N) is 1. The molecule has 1 fully saturated rings. The highest BCUT2D eigenvalue weighted by molar-refractivity contribution is 8.18. The highest BCUT2D eigenvalue weighted by atomic mass is 32.2. The van der Waals surface area contributed by atoms with Gasteiger partial charge >= 0.3 is 0 Å². The zero-order chi connectivity index (χ0) is 8.59. The molecule has 4 nitrogen and oxygen atoms in total. The second kappa shape index (κ2) is 2.67. The van der Waals surface area contributed by atoms with Gasteiger partial charge < -0.3 is 10.3 Å². The molecule has 2 amide bonds. The molecule has 0 aromatic carbocycles. The first kappa shape index (κ1) is 8.29. The van der Waals surface area contributed by atoms with Crippen LogP contribution in [-0.2, 0) is 4.79 Å². The number of carbonyl (C=O) groups excluding carboxylic acids is 2. The molecule has 1 saturated heterocycles. The van der Waals surface area contributed by atoms with Crippen molar-refractivity contribution in [3.05, 3.63) is 15.7 Å². The lowest BCUT2D eigenvalue weighted by Gasteiger charge is -2.15. The van der Waals surface area contributed by atoms with Crippen LogP contribution >= 0.6 is 11.8 Å². The first-order chi connectivity index (χ1) is 5.04. The van der Waals surface area contributed by atoms with E-state index in [0.717, 1.165) is 0 Å². The van der Waals surface area contributed by atoms with Gasteiger partial charge in [0.2, 0.25) is 0 Å². The van der Waals surface area contributed by atoms with E-state index in [1.54, 1.807) is 13.8 Å². The van der Waals surface area contributed by atoms with Gasteiger partial charge in [-0.15, -0.1) is 0 Å². The summed E-state index contributed by atoms with van der Waals surface area (Å²) in [7, 11) is 0. The Morgan fingerprint density at radius 1 is 1.45 bits per heavy atom. The monoisotopic (exact) mass is 172 g/mol. The highest BCUT2D eigenvalue weighted by Gasteiger charge is 2.28. The van der Waals surface area contributed by atoms with Crippen LogP contribution < -0.4 is 0 Å². The summed E-state index contributed by atoms with van der Waals surface area (Å²) in [5.41, 5.74) is 0.701. The Morgan fingerprint density at radius 3 is 2.18 bits per heavy atom. The first-order valence-electron chi connectivity index (χ1n) is 2.95. The van der Waals surface area contributed by atoms with Crippen molar-refractivity contribution in [2.75, 3.05) is 0 Å². The Balaban J connectivity index is 3.02. The van der Waals surface area contributed by atoms with E-state index in [4.69, 9.17) is 0 Å². The van der Waals surface area contributed by atoms with Crippen LogP contribution in [0.5, 0.6) is 0 Å². The standard InChI is InChI=1S/C6H6NO3S/c1-3(2)4-5(8)7(10)6(9)11-4/h1-2H3/q-1. The zero-order valence-corrected chi connectivity index (χ0v) is 6.90. The average molecular weight is 172 g/mol. The van der Waals surface area contributed by atoms with Crippen molar-refractivity contribution >= 4 is 22.9 Å². The quantitative estimate of drug-likeness (QED) is 0.519. The summed E-state index contributed by atoms with van der Waals surface area (Å²) < 4.78 is 0. The summed E-state index contributed by atoms with van der Waals surface area (Å²) in [6.45, 7) is 3.37. The summed E-state index contributed by atoms with van der Waals surface area (Å²) in [4.78, 5) is 21.7. The van der Waals surface area contributed by atoms with Gasteiger partial charge in [0.25, 0.3) is 11.1 Å². The normalized spacial score (nSPS) is 18.1. The summed E-state index contributed by atoms with van der Waals surface area (Å²) in [5.74, 6) is -0.736. The predicted octanol–water partition coefficient (Wildman–Crippen LogP) is 1.47. The molecule has 0 aromatic heterocycles. The fourth-order valence-corrected chi connectivity index (χ4v) is 1.38. The molecule has 0 aromatic rings. The van der Waals surface area contributed by atoms with Gasteiger partial charge in [-0.1, -0.05) is 5.57 Å². The number of allylic oxidation sites excluding steroid dienone is 1. The van der Waals surface area contributed by atoms with Crippen LogP contribution in [-0.4, -0.2) is 16.2 Å². The number of imide groups is 1. The lowest BCUT2D eigenvalue weighted by Crippen LogP contribution is -2.20. The molecule has 0 spiro atoms. The maximum atomic E-state index is 10.9. The van der Waals surface area contributed by atoms with E-state index in [-0.39, 0.29) is 9.97 Å². The van der Waals surface area contributed by atoms with Gasteiger partial charge in [-0.3, -0.25) is 9.59 Å². The van der Waals surface area contributed by atoms with E-state index in [0.29, 0.717) is 17.3 Å². The van der Waals surface area contributed by atoms with Gasteiger partial charge in [-0.2, -0.15) is 0 Å². The number of carbonyl (C=O) groups is 2. The molecular formula is C6H6NO3S-. The number of amides is 2. The fraction of sp³-hybridized carbons (Fsp3) is 0.333. The molecule has 0 bridgehead atoms. The third-order valence-electron chi connectivity index (χ3n) is 1.19. The van der Waals surface area contributed by atoms with Gasteiger partial charge in [0.15, 0.2) is 0 Å². The van der Waals surface area contributed by atoms with Crippen molar-refractivity contribution in [2.24, 2.45) is 0 Å². The molecule has 0 radical (unpaired) electrons. The van der Waals surface area contributed by atoms with Crippen molar-refractivity contribution in [1.82, 2.24) is 5.06 Å². The summed E-state index contributed by atoms with van der Waals surface area (Å²) >= 11 is 0.694. The smallest absolute Gasteiger partial charge is 0.282 e. The van der Waals surface area contributed by atoms with E-state index in [1.165, 1.54) is 0 Å². The van der Waals surface area contributed by atoms with Crippen molar-refractivity contribution in [2.45, 2.75) is 13.8 Å². The molecular weight excluding hydrogens is 166 g/mol. The van der Waals surface area contributed by atoms with Crippen LogP contribution in [0.3, 0.4) is 0 Å². The zero-order valence-electron chi connectivity index (χ0n) is 6.08. The molecule has 11 heavy (non-hydrogen) atoms. The molecule has 0 saturated carbocycles. The molecule has 5 heteroatoms. The largest absolute Gasteiger partial charge is 0.749 e. The van der Waals surface area contributed by atoms with Crippen LogP contribution in [0.1, 0.15) is 13.8 Å². The Bertz CT molecular complexity index is 255. The molecule has 1 rings (SSSR count). The second-order valence-corrected chi connectivity index (χ2v) is 3.26. The maximum absolute atomic E-state index is 10.9. The number of hydrogen-bond donors (Lipinski definition) is 0. The third-order valence-corrected chi connectivity index (χ3v) is 2.32. The van der Waals surface area contributed by atoms with E-state index >= 15 is 0 Å². The van der Waals surface area contributed by atoms with Crippen LogP contribution in [0.15, 0.2) is 10.5 Å². The molecule has 1 heterocycles. The number of hydroxylamine groups is 2. The Labute approximate surface area is 67.8 Å². The van der Waals surface area contributed by atoms with E-state index in [2.05, 4.69) is 0 Å². The second-order valence-electron chi connectivity index (χ2n) is 2.30. The number of rotatable bonds is 0. The Hall–Kier alpha value is -0.810. The Morgan fingerprint density at radius 2 is 2.00 bits per heavy atom. The van der Waals surface area contributed by atoms with E-state index < -0.39 is 11.1 Å². The van der Waals surface area contributed by atoms with Gasteiger partial charge in [0.1, 0.15) is 0 Å². The first-order valence-corrected chi connectivity index (χ1v) is 3.76. The average Bonchev–Trinajstić information content (AvgIpc) is 2.17. The van der Waals surface area contributed by atoms with Crippen molar-refractivity contribution in [1.29, 1.82) is 0 Å². The lowest BCUT2D eigenvalue weighted by atomic mass is 10.3. The van der Waals surface area contributed by atoms with Crippen LogP contribution in [0.2, 0.25) is 0 Å². The predicted molar refractivity (Wildman–Crippen MR) is 41.6 cm³/mol. The molecule has 0 atom stereocenters. The van der Waals surface area contributed by atoms with Crippen LogP contribution in [0.4, 0.5) is 4.79 Å². The molecule has 1 aliphatic rings. The SMILES string of the molecule is CC(C)=C1SC(=O)N([O-])C1=O. The van der Waals surface area contributed by atoms with Crippen molar-refractivity contribution < 1.29 is 9.59 Å². The van der Waals surface area contributed by atoms with Crippen molar-refractivity contribution in [3.63, 3.8) is 0 Å².